The molecule has 0 saturated carbocycles. The van der Waals surface area contributed by atoms with Crippen molar-refractivity contribution in [3.63, 3.8) is 0 Å². The predicted octanol–water partition coefficient (Wildman–Crippen LogP) is 2.96. The second-order valence-corrected chi connectivity index (χ2v) is 5.01. The summed E-state index contributed by atoms with van der Waals surface area (Å²) in [6, 6.07) is 15.2. The number of carbonyl (C=O) groups excluding carboxylic acids is 2. The number of amides is 1. The van der Waals surface area contributed by atoms with E-state index in [1.807, 2.05) is 13.0 Å². The van der Waals surface area contributed by atoms with Crippen molar-refractivity contribution in [1.82, 2.24) is 0 Å². The molecular weight excluding hydrogens is 292 g/mol. The van der Waals surface area contributed by atoms with E-state index in [2.05, 4.69) is 5.32 Å². The normalized spacial score (nSPS) is 11.2. The van der Waals surface area contributed by atoms with Crippen molar-refractivity contribution >= 4 is 17.4 Å². The highest BCUT2D eigenvalue weighted by Gasteiger charge is 2.27. The van der Waals surface area contributed by atoms with Crippen LogP contribution in [0.25, 0.3) is 0 Å². The summed E-state index contributed by atoms with van der Waals surface area (Å²) in [5.74, 6) is -1.98. The van der Waals surface area contributed by atoms with Gasteiger partial charge in [-0.05, 0) is 48.9 Å². The van der Waals surface area contributed by atoms with Gasteiger partial charge in [-0.3, -0.25) is 9.59 Å². The molecular formula is C18H16N2O3. The second kappa shape index (κ2) is 7.23. The summed E-state index contributed by atoms with van der Waals surface area (Å²) >= 11 is 0. The zero-order valence-corrected chi connectivity index (χ0v) is 12.9. The molecule has 1 amide bonds. The van der Waals surface area contributed by atoms with Gasteiger partial charge in [0.1, 0.15) is 5.75 Å². The molecule has 23 heavy (non-hydrogen) atoms. The van der Waals surface area contributed by atoms with Crippen LogP contribution in [0.2, 0.25) is 0 Å². The standard InChI is InChI=1S/C18H16N2O3/c1-12-4-3-5-14(10-12)20-18(22)16(11-19)17(21)13-6-8-15(23-2)9-7-13/h3-10,16H,1-2H3,(H,20,22)/t16-/m0/s1. The van der Waals surface area contributed by atoms with Crippen molar-refractivity contribution in [2.75, 3.05) is 12.4 Å². The summed E-state index contributed by atoms with van der Waals surface area (Å²) in [5.41, 5.74) is 1.81. The van der Waals surface area contributed by atoms with Crippen molar-refractivity contribution in [2.45, 2.75) is 6.92 Å². The molecule has 2 rings (SSSR count). The molecule has 1 atom stereocenters. The van der Waals surface area contributed by atoms with Crippen LogP contribution < -0.4 is 10.1 Å². The highest BCUT2D eigenvalue weighted by atomic mass is 16.5. The molecule has 0 radical (unpaired) electrons. The fraction of sp³-hybridized carbons (Fsp3) is 0.167. The Kier molecular flexibility index (Phi) is 5.11. The van der Waals surface area contributed by atoms with Crippen molar-refractivity contribution in [1.29, 1.82) is 5.26 Å². The Balaban J connectivity index is 2.16. The van der Waals surface area contributed by atoms with E-state index in [0.717, 1.165) is 5.56 Å². The third kappa shape index (κ3) is 3.95. The average Bonchev–Trinajstić information content (AvgIpc) is 2.55. The van der Waals surface area contributed by atoms with Gasteiger partial charge >= 0.3 is 0 Å². The number of nitrogens with zero attached hydrogens (tertiary/aromatic N) is 1. The zero-order valence-electron chi connectivity index (χ0n) is 12.9. The van der Waals surface area contributed by atoms with Gasteiger partial charge in [0.2, 0.25) is 5.91 Å². The molecule has 0 saturated heterocycles. The number of carbonyl (C=O) groups is 2. The van der Waals surface area contributed by atoms with Crippen LogP contribution in [0.3, 0.4) is 0 Å². The number of anilines is 1. The number of rotatable bonds is 5. The summed E-state index contributed by atoms with van der Waals surface area (Å²) < 4.78 is 5.02. The summed E-state index contributed by atoms with van der Waals surface area (Å²) in [6.07, 6.45) is 0. The van der Waals surface area contributed by atoms with Crippen molar-refractivity contribution < 1.29 is 14.3 Å². The van der Waals surface area contributed by atoms with Crippen LogP contribution in [-0.2, 0) is 4.79 Å². The van der Waals surface area contributed by atoms with Gasteiger partial charge in [-0.2, -0.15) is 5.26 Å². The number of nitrogens with one attached hydrogen (secondary N) is 1. The molecule has 0 heterocycles. The topological polar surface area (TPSA) is 79.2 Å². The lowest BCUT2D eigenvalue weighted by Gasteiger charge is -2.10. The molecule has 0 spiro atoms. The molecule has 2 aromatic rings. The minimum Gasteiger partial charge on any atom is -0.497 e. The van der Waals surface area contributed by atoms with Gasteiger partial charge in [0, 0.05) is 11.3 Å². The monoisotopic (exact) mass is 308 g/mol. The van der Waals surface area contributed by atoms with Gasteiger partial charge in [-0.25, -0.2) is 0 Å². The Morgan fingerprint density at radius 3 is 2.43 bits per heavy atom. The molecule has 5 heteroatoms. The Labute approximate surface area is 134 Å². The first-order valence-corrected chi connectivity index (χ1v) is 7.00. The molecule has 0 unspecified atom stereocenters. The number of hydrogen-bond acceptors (Lipinski definition) is 4. The molecule has 0 aliphatic heterocycles. The molecule has 2 aromatic carbocycles. The lowest BCUT2D eigenvalue weighted by atomic mass is 9.98. The number of Topliss-reactive ketones (excluding diaryl/α,β-unsaturated/α-hetero) is 1. The average molecular weight is 308 g/mol. The Morgan fingerprint density at radius 1 is 1.17 bits per heavy atom. The highest BCUT2D eigenvalue weighted by molar-refractivity contribution is 6.15. The van der Waals surface area contributed by atoms with E-state index in [0.29, 0.717) is 11.4 Å². The fourth-order valence-electron chi connectivity index (χ4n) is 2.10. The van der Waals surface area contributed by atoms with Crippen LogP contribution in [0, 0.1) is 24.2 Å². The zero-order chi connectivity index (χ0) is 16.8. The van der Waals surface area contributed by atoms with E-state index in [-0.39, 0.29) is 5.56 Å². The van der Waals surface area contributed by atoms with Crippen molar-refractivity contribution in [3.8, 4) is 11.8 Å². The number of ether oxygens (including phenoxy) is 1. The quantitative estimate of drug-likeness (QED) is 0.680. The van der Waals surface area contributed by atoms with Crippen molar-refractivity contribution in [2.24, 2.45) is 5.92 Å². The first-order valence-electron chi connectivity index (χ1n) is 7.00. The summed E-state index contributed by atoms with van der Waals surface area (Å²) in [4.78, 5) is 24.6. The summed E-state index contributed by atoms with van der Waals surface area (Å²) in [7, 11) is 1.52. The third-order valence-electron chi connectivity index (χ3n) is 3.31. The predicted molar refractivity (Wildman–Crippen MR) is 86.2 cm³/mol. The molecule has 1 N–H and O–H groups in total. The van der Waals surface area contributed by atoms with E-state index in [1.165, 1.54) is 19.2 Å². The number of nitriles is 1. The van der Waals surface area contributed by atoms with Crippen LogP contribution in [0.15, 0.2) is 48.5 Å². The smallest absolute Gasteiger partial charge is 0.249 e. The van der Waals surface area contributed by atoms with Crippen LogP contribution in [-0.4, -0.2) is 18.8 Å². The molecule has 0 aliphatic carbocycles. The van der Waals surface area contributed by atoms with Gasteiger partial charge in [0.05, 0.1) is 13.2 Å². The molecule has 5 nitrogen and oxygen atoms in total. The molecule has 0 fully saturated rings. The maximum Gasteiger partial charge on any atom is 0.249 e. The Hall–Kier alpha value is -3.13. The minimum absolute atomic E-state index is 0.289. The SMILES string of the molecule is COc1ccc(C(=O)[C@H](C#N)C(=O)Nc2cccc(C)c2)cc1. The first-order chi connectivity index (χ1) is 11.0. The minimum atomic E-state index is -1.40. The van der Waals surface area contributed by atoms with E-state index in [1.54, 1.807) is 36.4 Å². The van der Waals surface area contributed by atoms with Gasteiger partial charge < -0.3 is 10.1 Å². The van der Waals surface area contributed by atoms with Crippen LogP contribution >= 0.6 is 0 Å². The number of aryl methyl sites for hydroxylation is 1. The summed E-state index contributed by atoms with van der Waals surface area (Å²) in [5, 5.41) is 11.8. The van der Waals surface area contributed by atoms with E-state index >= 15 is 0 Å². The Morgan fingerprint density at radius 2 is 1.87 bits per heavy atom. The van der Waals surface area contributed by atoms with Gasteiger partial charge in [-0.15, -0.1) is 0 Å². The first kappa shape index (κ1) is 16.2. The lowest BCUT2D eigenvalue weighted by Crippen LogP contribution is -2.28. The molecule has 0 bridgehead atoms. The number of methoxy groups -OCH3 is 1. The van der Waals surface area contributed by atoms with Gasteiger partial charge in [-0.1, -0.05) is 12.1 Å². The largest absolute Gasteiger partial charge is 0.497 e. The van der Waals surface area contributed by atoms with Gasteiger partial charge in [0.25, 0.3) is 0 Å². The second-order valence-electron chi connectivity index (χ2n) is 5.01. The van der Waals surface area contributed by atoms with Crippen LogP contribution in [0.5, 0.6) is 5.75 Å². The van der Waals surface area contributed by atoms with Gasteiger partial charge in [0.15, 0.2) is 11.7 Å². The Bertz CT molecular complexity index is 761. The number of benzene rings is 2. The maximum absolute atomic E-state index is 12.3. The van der Waals surface area contributed by atoms with E-state index in [4.69, 9.17) is 4.74 Å². The van der Waals surface area contributed by atoms with Crippen LogP contribution in [0.1, 0.15) is 15.9 Å². The molecule has 116 valence electrons. The van der Waals surface area contributed by atoms with E-state index < -0.39 is 17.6 Å². The lowest BCUT2D eigenvalue weighted by molar-refractivity contribution is -0.117. The fourth-order valence-corrected chi connectivity index (χ4v) is 2.10. The highest BCUT2D eigenvalue weighted by Crippen LogP contribution is 2.17. The molecule has 0 aromatic heterocycles. The molecule has 0 aliphatic rings. The maximum atomic E-state index is 12.3. The number of hydrogen-bond donors (Lipinski definition) is 1. The van der Waals surface area contributed by atoms with Crippen LogP contribution in [0.4, 0.5) is 5.69 Å². The summed E-state index contributed by atoms with van der Waals surface area (Å²) in [6.45, 7) is 1.89. The van der Waals surface area contributed by atoms with E-state index in [9.17, 15) is 14.9 Å². The van der Waals surface area contributed by atoms with Crippen molar-refractivity contribution in [3.05, 3.63) is 59.7 Å². The third-order valence-corrected chi connectivity index (χ3v) is 3.31. The number of ketones is 1.